The number of fused-ring (bicyclic) bond motifs is 2. The highest BCUT2D eigenvalue weighted by Gasteiger charge is 2.16. The average Bonchev–Trinajstić information content (AvgIpc) is 3.32. The number of ether oxygens (including phenoxy) is 1. The number of hydrogen-bond acceptors (Lipinski definition) is 6. The fraction of sp³-hybridized carbons (Fsp3) is 0.269. The number of aromatic nitrogens is 3. The van der Waals surface area contributed by atoms with Gasteiger partial charge in [0.2, 0.25) is 0 Å². The third-order valence-electron chi connectivity index (χ3n) is 6.46. The number of pyridine rings is 2. The highest BCUT2D eigenvalue weighted by molar-refractivity contribution is 6.06. The molecule has 8 nitrogen and oxygen atoms in total. The molecule has 3 aromatic heterocycles. The van der Waals surface area contributed by atoms with Crippen molar-refractivity contribution < 1.29 is 9.53 Å². The molecule has 0 atom stereocenters. The van der Waals surface area contributed by atoms with E-state index < -0.39 is 0 Å². The molecule has 0 saturated carbocycles. The molecule has 0 aliphatic carbocycles. The lowest BCUT2D eigenvalue weighted by molar-refractivity contribution is 0.102. The summed E-state index contributed by atoms with van der Waals surface area (Å²) in [6, 6.07) is 11.9. The zero-order chi connectivity index (χ0) is 22.9. The van der Waals surface area contributed by atoms with Gasteiger partial charge < -0.3 is 25.3 Å². The number of amides is 1. The van der Waals surface area contributed by atoms with E-state index in [0.717, 1.165) is 79.4 Å². The number of hydrogen-bond donors (Lipinski definition) is 3. The number of nitrogens with one attached hydrogen (secondary N) is 3. The van der Waals surface area contributed by atoms with Crippen molar-refractivity contribution >= 4 is 28.4 Å². The lowest BCUT2D eigenvalue weighted by Gasteiger charge is -2.28. The number of H-pyrrole nitrogens is 1. The topological polar surface area (TPSA) is 95.2 Å². The molecule has 1 fully saturated rings. The van der Waals surface area contributed by atoms with Crippen LogP contribution in [0.1, 0.15) is 22.3 Å². The minimum absolute atomic E-state index is 0.178. The van der Waals surface area contributed by atoms with Crippen LogP contribution in [-0.2, 0) is 6.42 Å². The van der Waals surface area contributed by atoms with Crippen LogP contribution in [0.15, 0.2) is 55.0 Å². The Morgan fingerprint density at radius 1 is 1.09 bits per heavy atom. The van der Waals surface area contributed by atoms with Crippen molar-refractivity contribution in [1.29, 1.82) is 0 Å². The van der Waals surface area contributed by atoms with E-state index >= 15 is 0 Å². The Balaban J connectivity index is 1.26. The van der Waals surface area contributed by atoms with Crippen LogP contribution in [-0.4, -0.2) is 53.6 Å². The van der Waals surface area contributed by atoms with Crippen LogP contribution in [0.25, 0.3) is 22.2 Å². The van der Waals surface area contributed by atoms with Gasteiger partial charge in [-0.1, -0.05) is 6.07 Å². The smallest absolute Gasteiger partial charge is 0.255 e. The molecule has 1 aromatic carbocycles. The van der Waals surface area contributed by atoms with Crippen LogP contribution in [0.4, 0.5) is 11.5 Å². The van der Waals surface area contributed by atoms with Gasteiger partial charge in [-0.25, -0.2) is 9.97 Å². The van der Waals surface area contributed by atoms with Crippen molar-refractivity contribution in [2.45, 2.75) is 12.8 Å². The maximum Gasteiger partial charge on any atom is 0.255 e. The largest absolute Gasteiger partial charge is 0.493 e. The summed E-state index contributed by atoms with van der Waals surface area (Å²) in [5, 5.41) is 7.30. The molecular formula is C26H26N6O2. The van der Waals surface area contributed by atoms with Gasteiger partial charge in [-0.2, -0.15) is 0 Å². The normalized spacial score (nSPS) is 15.6. The first-order chi connectivity index (χ1) is 16.7. The number of rotatable bonds is 4. The first kappa shape index (κ1) is 20.7. The van der Waals surface area contributed by atoms with Crippen LogP contribution in [0, 0.1) is 0 Å². The molecule has 5 heterocycles. The quantitative estimate of drug-likeness (QED) is 0.436. The zero-order valence-corrected chi connectivity index (χ0v) is 18.8. The number of anilines is 2. The van der Waals surface area contributed by atoms with Gasteiger partial charge in [0.15, 0.2) is 0 Å². The van der Waals surface area contributed by atoms with Crippen molar-refractivity contribution in [3.05, 3.63) is 66.1 Å². The minimum Gasteiger partial charge on any atom is -0.493 e. The van der Waals surface area contributed by atoms with E-state index in [2.05, 4.69) is 42.6 Å². The van der Waals surface area contributed by atoms with Crippen molar-refractivity contribution in [2.75, 3.05) is 43.0 Å². The Labute approximate surface area is 197 Å². The van der Waals surface area contributed by atoms with E-state index in [1.165, 1.54) is 5.56 Å². The van der Waals surface area contributed by atoms with Crippen molar-refractivity contribution in [3.8, 4) is 16.9 Å². The van der Waals surface area contributed by atoms with Crippen LogP contribution >= 0.6 is 0 Å². The summed E-state index contributed by atoms with van der Waals surface area (Å²) in [7, 11) is 0. The lowest BCUT2D eigenvalue weighted by atomic mass is 9.99. The van der Waals surface area contributed by atoms with Gasteiger partial charge in [0.1, 0.15) is 17.2 Å². The van der Waals surface area contributed by atoms with Crippen molar-refractivity contribution in [1.82, 2.24) is 20.3 Å². The number of aromatic amines is 1. The highest BCUT2D eigenvalue weighted by Crippen LogP contribution is 2.34. The summed E-state index contributed by atoms with van der Waals surface area (Å²) in [5.74, 6) is 1.62. The molecule has 3 N–H and O–H groups in total. The molecule has 0 bridgehead atoms. The fourth-order valence-electron chi connectivity index (χ4n) is 4.67. The first-order valence-corrected chi connectivity index (χ1v) is 11.7. The Morgan fingerprint density at radius 3 is 2.91 bits per heavy atom. The number of piperazine rings is 1. The van der Waals surface area contributed by atoms with Crippen molar-refractivity contribution in [3.63, 3.8) is 0 Å². The van der Waals surface area contributed by atoms with Gasteiger partial charge in [0.25, 0.3) is 5.91 Å². The molecule has 172 valence electrons. The van der Waals surface area contributed by atoms with Crippen molar-refractivity contribution in [2.24, 2.45) is 0 Å². The molecule has 8 heteroatoms. The summed E-state index contributed by atoms with van der Waals surface area (Å²) >= 11 is 0. The summed E-state index contributed by atoms with van der Waals surface area (Å²) in [6.45, 7) is 4.37. The van der Waals surface area contributed by atoms with E-state index in [4.69, 9.17) is 4.74 Å². The Morgan fingerprint density at radius 2 is 2.00 bits per heavy atom. The maximum atomic E-state index is 13.0. The predicted octanol–water partition coefficient (Wildman–Crippen LogP) is 3.61. The van der Waals surface area contributed by atoms with Gasteiger partial charge in [-0.15, -0.1) is 0 Å². The lowest BCUT2D eigenvalue weighted by Crippen LogP contribution is -2.43. The third kappa shape index (κ3) is 3.97. The van der Waals surface area contributed by atoms with Crippen LogP contribution in [0.2, 0.25) is 0 Å². The highest BCUT2D eigenvalue weighted by atomic mass is 16.5. The second-order valence-electron chi connectivity index (χ2n) is 8.69. The van der Waals surface area contributed by atoms with Gasteiger partial charge in [0, 0.05) is 55.1 Å². The van der Waals surface area contributed by atoms with E-state index in [1.807, 2.05) is 24.4 Å². The number of benzene rings is 1. The van der Waals surface area contributed by atoms with Gasteiger partial charge >= 0.3 is 0 Å². The summed E-state index contributed by atoms with van der Waals surface area (Å²) in [5.41, 5.74) is 5.40. The van der Waals surface area contributed by atoms with E-state index in [1.54, 1.807) is 18.5 Å². The third-order valence-corrected chi connectivity index (χ3v) is 6.46. The number of nitrogens with zero attached hydrogens (tertiary/aromatic N) is 3. The van der Waals surface area contributed by atoms with Crippen LogP contribution in [0.3, 0.4) is 0 Å². The molecule has 1 saturated heterocycles. The number of carbonyl (C=O) groups is 1. The summed E-state index contributed by atoms with van der Waals surface area (Å²) < 4.78 is 5.76. The Kier molecular flexibility index (Phi) is 5.35. The summed E-state index contributed by atoms with van der Waals surface area (Å²) in [4.78, 5) is 27.4. The molecule has 2 aliphatic rings. The van der Waals surface area contributed by atoms with Crippen LogP contribution in [0.5, 0.6) is 5.75 Å². The monoisotopic (exact) mass is 454 g/mol. The molecule has 1 amide bonds. The molecule has 6 rings (SSSR count). The Hall–Kier alpha value is -3.91. The summed E-state index contributed by atoms with van der Waals surface area (Å²) in [6.07, 6.45) is 7.40. The van der Waals surface area contributed by atoms with Crippen LogP contribution < -0.4 is 20.3 Å². The molecule has 4 aromatic rings. The average molecular weight is 455 g/mol. The SMILES string of the molecule is O=C(Nc1cnc2[nH]cc(-c3ccc4c(c3)CCCO4)c2c1)c1ccnc(N2CCNCC2)c1. The zero-order valence-electron chi connectivity index (χ0n) is 18.8. The predicted molar refractivity (Wildman–Crippen MR) is 133 cm³/mol. The first-order valence-electron chi connectivity index (χ1n) is 11.7. The molecule has 0 radical (unpaired) electrons. The standard InChI is InChI=1S/C26H26N6O2/c33-26(19-5-6-28-24(13-19)32-9-7-27-8-10-32)31-20-14-21-22(16-30-25(21)29-15-20)17-3-4-23-18(12-17)2-1-11-34-23/h3-6,12-16,27H,1-2,7-11H2,(H,29,30)(H,31,33). The Bertz CT molecular complexity index is 1360. The molecule has 34 heavy (non-hydrogen) atoms. The second-order valence-corrected chi connectivity index (χ2v) is 8.69. The molecule has 0 unspecified atom stereocenters. The molecule has 0 spiro atoms. The van der Waals surface area contributed by atoms with E-state index in [0.29, 0.717) is 11.3 Å². The van der Waals surface area contributed by atoms with Gasteiger partial charge in [-0.3, -0.25) is 4.79 Å². The number of aryl methyl sites for hydroxylation is 1. The van der Waals surface area contributed by atoms with E-state index in [9.17, 15) is 4.79 Å². The van der Waals surface area contributed by atoms with Gasteiger partial charge in [0.05, 0.1) is 18.5 Å². The van der Waals surface area contributed by atoms with Gasteiger partial charge in [-0.05, 0) is 54.3 Å². The molecule has 2 aliphatic heterocycles. The van der Waals surface area contributed by atoms with E-state index in [-0.39, 0.29) is 5.91 Å². The maximum absolute atomic E-state index is 13.0. The minimum atomic E-state index is -0.178. The molecular weight excluding hydrogens is 428 g/mol. The number of carbonyl (C=O) groups excluding carboxylic acids is 1. The fourth-order valence-corrected chi connectivity index (χ4v) is 4.67. The second kappa shape index (κ2) is 8.79.